The number of aryl methyl sites for hydroxylation is 14. The molecule has 24 heteroatoms. The van der Waals surface area contributed by atoms with E-state index in [2.05, 4.69) is 348 Å². The molecule has 0 amide bonds. The second kappa shape index (κ2) is 86.3. The second-order valence-corrected chi connectivity index (χ2v) is 47.4. The summed E-state index contributed by atoms with van der Waals surface area (Å²) in [6.45, 7) is 80.6. The summed E-state index contributed by atoms with van der Waals surface area (Å²) in [6, 6.07) is 0. The van der Waals surface area contributed by atoms with Crippen LogP contribution in [0.5, 0.6) is 0 Å². The van der Waals surface area contributed by atoms with Crippen molar-refractivity contribution < 1.29 is 0 Å². The van der Waals surface area contributed by atoms with Crippen molar-refractivity contribution in [3.8, 4) is 0 Å². The van der Waals surface area contributed by atoms with Gasteiger partial charge < -0.3 is 0 Å². The molecule has 0 aliphatic heterocycles. The summed E-state index contributed by atoms with van der Waals surface area (Å²) in [7, 11) is 0. The molecule has 0 aliphatic rings. The van der Waals surface area contributed by atoms with Crippen LogP contribution in [0.3, 0.4) is 0 Å². The molecule has 0 atom stereocenters. The molecular weight excluding hydrogens is 1740 g/mol. The Bertz CT molecular complexity index is 3750. The molecule has 818 valence electrons. The third-order valence-corrected chi connectivity index (χ3v) is 24.7. The smallest absolute Gasteiger partial charge is 0.0829 e. The van der Waals surface area contributed by atoms with E-state index in [9.17, 15) is 0 Å². The number of nitrogens with zero attached hydrogens (tertiary/aromatic N) is 24. The van der Waals surface area contributed by atoms with Gasteiger partial charge in [0.25, 0.3) is 0 Å². The fourth-order valence-corrected chi connectivity index (χ4v) is 15.9. The van der Waals surface area contributed by atoms with Crippen LogP contribution >= 0.6 is 0 Å². The summed E-state index contributed by atoms with van der Waals surface area (Å²) < 4.78 is 16.3. The maximum Gasteiger partial charge on any atom is 0.0829 e. The number of aromatic nitrogens is 24. The first-order valence-electron chi connectivity index (χ1n) is 57.2. The Morgan fingerprint density at radius 1 is 0.177 bits per heavy atom. The van der Waals surface area contributed by atoms with E-state index in [0.717, 1.165) is 209 Å². The molecular formula is C117H230N24. The summed E-state index contributed by atoms with van der Waals surface area (Å²) in [6.07, 6.45) is 69.6. The molecule has 8 aromatic heterocycles. The van der Waals surface area contributed by atoms with Gasteiger partial charge in [-0.25, -0.2) is 18.7 Å². The maximum atomic E-state index is 4.22. The minimum absolute atomic E-state index is 0. The van der Waals surface area contributed by atoms with Crippen molar-refractivity contribution in [3.05, 3.63) is 95.1 Å². The van der Waals surface area contributed by atoms with E-state index in [1.807, 2.05) is 43.5 Å². The molecule has 0 saturated carbocycles. The molecule has 8 rings (SSSR count). The van der Waals surface area contributed by atoms with Crippen LogP contribution < -0.4 is 0 Å². The molecule has 0 aromatic carbocycles. The van der Waals surface area contributed by atoms with Crippen LogP contribution in [0.2, 0.25) is 0 Å². The van der Waals surface area contributed by atoms with Crippen LogP contribution in [-0.4, -0.2) is 120 Å². The first-order chi connectivity index (χ1) is 66.2. The molecule has 0 aliphatic carbocycles. The van der Waals surface area contributed by atoms with Gasteiger partial charge in [0.15, 0.2) is 0 Å². The van der Waals surface area contributed by atoms with Crippen molar-refractivity contribution in [2.24, 2.45) is 94.7 Å². The zero-order valence-electron chi connectivity index (χ0n) is 96.7. The molecule has 0 radical (unpaired) electrons. The zero-order valence-corrected chi connectivity index (χ0v) is 96.7. The Morgan fingerprint density at radius 2 is 0.411 bits per heavy atom. The average Bonchev–Trinajstić information content (AvgIpc) is 1.77. The largest absolute Gasteiger partial charge is 0.252 e. The second-order valence-electron chi connectivity index (χ2n) is 47.4. The van der Waals surface area contributed by atoms with Gasteiger partial charge >= 0.3 is 0 Å². The Morgan fingerprint density at radius 3 is 0.745 bits per heavy atom. The molecule has 0 N–H and O–H groups in total. The standard InChI is InChI=1S/2C16H31N3.5C14H27N3.C13H25N3.2CH4/c2*1-14(2)9-5-6-11-16-13-17-18-19(16)12-8-7-10-15(3)4;1-12(2)7-5-9-14-11-17(16-15-14)10-6-8-13(3)4;1-12(2)7-5-6-10-17-11-14(15-16-17)9-8-13(3)4;1-12(2)7-5-6-8-14-11-17(16-15-14)10-9-13(3)4;1-12(2)7-5-6-8-14-11-15-16-17(14)10-9-13(3)4;1-12(2)8-6-5-7-9-17-11-14(15-16-17)10-13(3)4;1-11(2)7-5-6-8-13-9-14-15-16(13)10-12(3)4;;/h2*13-15H,5-12H2,1-4H3;5*11-13H,5-10H2,1-4H3;9,11-12H,5-8,10H2,1-4H3;2*1H4. The average molecular weight is 1970 g/mol. The molecule has 8 heterocycles. The molecule has 24 nitrogen and oxygen atoms in total. The monoisotopic (exact) mass is 1970 g/mol. The first-order valence-corrected chi connectivity index (χ1v) is 57.2. The molecule has 0 fully saturated rings. The molecule has 0 saturated heterocycles. The van der Waals surface area contributed by atoms with Gasteiger partial charge in [0, 0.05) is 77.1 Å². The summed E-state index contributed by atoms with van der Waals surface area (Å²) in [5.41, 5.74) is 9.78. The van der Waals surface area contributed by atoms with Crippen molar-refractivity contribution in [1.29, 1.82) is 0 Å². The highest BCUT2D eigenvalue weighted by atomic mass is 15.5. The van der Waals surface area contributed by atoms with E-state index in [-0.39, 0.29) is 14.9 Å². The predicted octanol–water partition coefficient (Wildman–Crippen LogP) is 32.0. The van der Waals surface area contributed by atoms with Gasteiger partial charge in [-0.2, -0.15) is 0 Å². The van der Waals surface area contributed by atoms with E-state index in [0.29, 0.717) is 11.8 Å². The van der Waals surface area contributed by atoms with Gasteiger partial charge in [0.1, 0.15) is 0 Å². The van der Waals surface area contributed by atoms with Gasteiger partial charge in [-0.1, -0.05) is 407 Å². The lowest BCUT2D eigenvalue weighted by Gasteiger charge is -2.08. The molecule has 141 heavy (non-hydrogen) atoms. The topological polar surface area (TPSA) is 246 Å². The lowest BCUT2D eigenvalue weighted by molar-refractivity contribution is 0.452. The molecule has 0 spiro atoms. The van der Waals surface area contributed by atoms with E-state index in [1.54, 1.807) is 0 Å². The Hall–Kier alpha value is -6.88. The van der Waals surface area contributed by atoms with Gasteiger partial charge in [-0.15, -0.1) is 40.8 Å². The van der Waals surface area contributed by atoms with Gasteiger partial charge in [0.2, 0.25) is 0 Å². The number of rotatable bonds is 67. The van der Waals surface area contributed by atoms with Crippen LogP contribution in [0.4, 0.5) is 0 Å². The van der Waals surface area contributed by atoms with Crippen molar-refractivity contribution in [1.82, 2.24) is 120 Å². The van der Waals surface area contributed by atoms with Crippen LogP contribution in [0.1, 0.15) is 507 Å². The third-order valence-electron chi connectivity index (χ3n) is 24.7. The molecule has 0 unspecified atom stereocenters. The summed E-state index contributed by atoms with van der Waals surface area (Å²) in [5, 5.41) is 66.4. The normalized spacial score (nSPS) is 11.5. The zero-order chi connectivity index (χ0) is 104. The van der Waals surface area contributed by atoms with Crippen LogP contribution in [-0.2, 0) is 104 Å². The van der Waals surface area contributed by atoms with Crippen LogP contribution in [0, 0.1) is 94.7 Å². The Kier molecular flexibility index (Phi) is 83.3. The van der Waals surface area contributed by atoms with E-state index < -0.39 is 0 Å². The number of hydrogen-bond acceptors (Lipinski definition) is 16. The van der Waals surface area contributed by atoms with E-state index in [4.69, 9.17) is 0 Å². The highest BCUT2D eigenvalue weighted by Crippen LogP contribution is 2.21. The van der Waals surface area contributed by atoms with Gasteiger partial charge in [-0.3, -0.25) is 18.7 Å². The Labute approximate surface area is 869 Å². The maximum absolute atomic E-state index is 4.22. The minimum Gasteiger partial charge on any atom is -0.252 e. The first kappa shape index (κ1) is 136. The van der Waals surface area contributed by atoms with E-state index in [1.165, 1.54) is 248 Å². The van der Waals surface area contributed by atoms with Crippen LogP contribution in [0.15, 0.2) is 49.6 Å². The minimum atomic E-state index is 0. The summed E-state index contributed by atoms with van der Waals surface area (Å²) in [4.78, 5) is 0. The summed E-state index contributed by atoms with van der Waals surface area (Å²) >= 11 is 0. The SMILES string of the molecule is C.C.CC(C)CCCCCn1cc(CC(C)C)nn1.CC(C)CCCCc1cn(CCC(C)C)nn1.CC(C)CCCCc1cnnn1CC(C)C.CC(C)CCCCc1cnnn1CCC(C)C.CC(C)CCCCc1cnnn1CCCCC(C)C.CC(C)CCCCc1cnnn1CCCCC(C)C.CC(C)CCCCn1cc(CCC(C)C)nn1.CC(C)CCCc1cn(CCCC(C)C)nn1. The van der Waals surface area contributed by atoms with Crippen molar-refractivity contribution >= 4 is 0 Å². The summed E-state index contributed by atoms with van der Waals surface area (Å²) in [5.74, 6) is 12.4. The highest BCUT2D eigenvalue weighted by Gasteiger charge is 2.14. The van der Waals surface area contributed by atoms with Gasteiger partial charge in [0.05, 0.1) is 70.3 Å². The fraction of sp³-hybridized carbons (Fsp3) is 0.863. The van der Waals surface area contributed by atoms with Crippen molar-refractivity contribution in [2.45, 2.75) is 565 Å². The predicted molar refractivity (Wildman–Crippen MR) is 602 cm³/mol. The van der Waals surface area contributed by atoms with Crippen molar-refractivity contribution in [2.75, 3.05) is 0 Å². The van der Waals surface area contributed by atoms with Gasteiger partial charge in [-0.05, 0) is 242 Å². The fourth-order valence-electron chi connectivity index (χ4n) is 15.9. The lowest BCUT2D eigenvalue weighted by Crippen LogP contribution is -2.10. The number of unbranched alkanes of at least 4 members (excludes halogenated alkanes) is 10. The Balaban J connectivity index is 0. The molecule has 8 aromatic rings. The molecule has 0 bridgehead atoms. The number of hydrogen-bond donors (Lipinski definition) is 0. The highest BCUT2D eigenvalue weighted by molar-refractivity contribution is 4.99. The lowest BCUT2D eigenvalue weighted by atomic mass is 10.0. The van der Waals surface area contributed by atoms with Crippen molar-refractivity contribution in [3.63, 3.8) is 0 Å². The quantitative estimate of drug-likeness (QED) is 0.0322. The van der Waals surface area contributed by atoms with E-state index >= 15 is 0 Å². The third kappa shape index (κ3) is 81.0. The van der Waals surface area contributed by atoms with Crippen LogP contribution in [0.25, 0.3) is 0 Å².